The first-order valence-corrected chi connectivity index (χ1v) is 18.3. The van der Waals surface area contributed by atoms with Crippen LogP contribution >= 0.6 is 11.3 Å². The van der Waals surface area contributed by atoms with Gasteiger partial charge in [0.1, 0.15) is 16.7 Å². The molecule has 11 rings (SSSR count). The molecule has 3 aromatic heterocycles. The Morgan fingerprint density at radius 1 is 0.385 bits per heavy atom. The zero-order valence-corrected chi connectivity index (χ0v) is 28.7. The number of para-hydroxylation sites is 3. The third-order valence-electron chi connectivity index (χ3n) is 10.3. The number of nitrogens with zero attached hydrogens (tertiary/aromatic N) is 1. The standard InChI is InChI=1S/C48H29NO2S/c1-2-11-31(12-3-1)34-15-8-16-36-37-17-9-19-41(48(37)51-47(34)36)49(40-18-10-22-45-46(40)38-14-5-7-21-44(38)52-45)33-26-23-30(24-27-33)32-25-28-43-39(29-32)35-13-4-6-20-42(35)50-43/h1-29H. The zero-order valence-electron chi connectivity index (χ0n) is 27.9. The van der Waals surface area contributed by atoms with E-state index in [0.717, 1.165) is 83.2 Å². The van der Waals surface area contributed by atoms with Crippen LogP contribution in [0.5, 0.6) is 0 Å². The van der Waals surface area contributed by atoms with E-state index in [-0.39, 0.29) is 0 Å². The summed E-state index contributed by atoms with van der Waals surface area (Å²) in [6.07, 6.45) is 0. The maximum atomic E-state index is 6.99. The molecule has 0 N–H and O–H groups in total. The van der Waals surface area contributed by atoms with Gasteiger partial charge in [-0.25, -0.2) is 0 Å². The molecule has 52 heavy (non-hydrogen) atoms. The average molecular weight is 684 g/mol. The van der Waals surface area contributed by atoms with Gasteiger partial charge >= 0.3 is 0 Å². The van der Waals surface area contributed by atoms with E-state index in [1.807, 2.05) is 23.5 Å². The fourth-order valence-corrected chi connectivity index (χ4v) is 9.01. The predicted molar refractivity (Wildman–Crippen MR) is 219 cm³/mol. The molecule has 3 heterocycles. The molecule has 244 valence electrons. The van der Waals surface area contributed by atoms with Crippen LogP contribution in [-0.4, -0.2) is 0 Å². The van der Waals surface area contributed by atoms with Crippen molar-refractivity contribution >= 4 is 92.4 Å². The van der Waals surface area contributed by atoms with Gasteiger partial charge in [0, 0.05) is 53.0 Å². The lowest BCUT2D eigenvalue weighted by Gasteiger charge is -2.26. The zero-order chi connectivity index (χ0) is 34.2. The average Bonchev–Trinajstić information content (AvgIpc) is 3.90. The van der Waals surface area contributed by atoms with Gasteiger partial charge in [0.15, 0.2) is 5.58 Å². The second kappa shape index (κ2) is 11.5. The lowest BCUT2D eigenvalue weighted by atomic mass is 10.0. The van der Waals surface area contributed by atoms with Gasteiger partial charge in [-0.2, -0.15) is 0 Å². The second-order valence-corrected chi connectivity index (χ2v) is 14.3. The summed E-state index contributed by atoms with van der Waals surface area (Å²) in [4.78, 5) is 2.38. The maximum Gasteiger partial charge on any atom is 0.159 e. The fraction of sp³-hybridized carbons (Fsp3) is 0. The highest BCUT2D eigenvalue weighted by Crippen LogP contribution is 2.48. The molecular weight excluding hydrogens is 655 g/mol. The van der Waals surface area contributed by atoms with Crippen molar-refractivity contribution in [1.82, 2.24) is 0 Å². The van der Waals surface area contributed by atoms with Crippen LogP contribution in [0.25, 0.3) is 86.3 Å². The van der Waals surface area contributed by atoms with Crippen LogP contribution in [0.2, 0.25) is 0 Å². The third kappa shape index (κ3) is 4.45. The van der Waals surface area contributed by atoms with Crippen molar-refractivity contribution in [3.05, 3.63) is 176 Å². The smallest absolute Gasteiger partial charge is 0.159 e. The molecule has 0 saturated carbocycles. The van der Waals surface area contributed by atoms with Crippen LogP contribution in [0, 0.1) is 0 Å². The van der Waals surface area contributed by atoms with Gasteiger partial charge in [-0.05, 0) is 71.3 Å². The van der Waals surface area contributed by atoms with Crippen LogP contribution in [0.15, 0.2) is 185 Å². The molecule has 0 spiro atoms. The van der Waals surface area contributed by atoms with Crippen molar-refractivity contribution < 1.29 is 8.83 Å². The Labute approximate surface area is 303 Å². The molecule has 8 aromatic carbocycles. The molecule has 0 aliphatic rings. The Morgan fingerprint density at radius 2 is 1.04 bits per heavy atom. The quantitative estimate of drug-likeness (QED) is 0.181. The summed E-state index contributed by atoms with van der Waals surface area (Å²) in [6.45, 7) is 0. The number of hydrogen-bond acceptors (Lipinski definition) is 4. The Kier molecular flexibility index (Phi) is 6.42. The summed E-state index contributed by atoms with van der Waals surface area (Å²) in [6, 6.07) is 62.4. The van der Waals surface area contributed by atoms with Crippen LogP contribution in [0.1, 0.15) is 0 Å². The molecule has 0 amide bonds. The third-order valence-corrected chi connectivity index (χ3v) is 11.4. The minimum Gasteiger partial charge on any atom is -0.456 e. The summed E-state index contributed by atoms with van der Waals surface area (Å²) < 4.78 is 15.6. The molecule has 0 atom stereocenters. The Hall–Kier alpha value is -6.62. The molecular formula is C48H29NO2S. The van der Waals surface area contributed by atoms with Gasteiger partial charge in [0.25, 0.3) is 0 Å². The lowest BCUT2D eigenvalue weighted by molar-refractivity contribution is 0.669. The summed E-state index contributed by atoms with van der Waals surface area (Å²) in [7, 11) is 0. The first-order chi connectivity index (χ1) is 25.8. The summed E-state index contributed by atoms with van der Waals surface area (Å²) in [5, 5.41) is 6.95. The Balaban J connectivity index is 1.13. The highest BCUT2D eigenvalue weighted by molar-refractivity contribution is 7.26. The number of hydrogen-bond donors (Lipinski definition) is 0. The van der Waals surface area contributed by atoms with Gasteiger partial charge in [-0.1, -0.05) is 121 Å². The van der Waals surface area contributed by atoms with Crippen LogP contribution in [-0.2, 0) is 0 Å². The number of fused-ring (bicyclic) bond motifs is 9. The molecule has 3 nitrogen and oxygen atoms in total. The van der Waals surface area contributed by atoms with Crippen molar-refractivity contribution in [2.24, 2.45) is 0 Å². The number of rotatable bonds is 5. The molecule has 0 radical (unpaired) electrons. The van der Waals surface area contributed by atoms with E-state index in [1.54, 1.807) is 0 Å². The molecule has 0 aliphatic heterocycles. The minimum absolute atomic E-state index is 0.860. The Morgan fingerprint density at radius 3 is 1.92 bits per heavy atom. The Bertz CT molecular complexity index is 3130. The van der Waals surface area contributed by atoms with E-state index in [4.69, 9.17) is 8.83 Å². The van der Waals surface area contributed by atoms with E-state index in [9.17, 15) is 0 Å². The molecule has 0 saturated heterocycles. The normalized spacial score (nSPS) is 11.8. The summed E-state index contributed by atoms with van der Waals surface area (Å²) >= 11 is 1.83. The number of anilines is 3. The van der Waals surface area contributed by atoms with E-state index >= 15 is 0 Å². The van der Waals surface area contributed by atoms with Gasteiger partial charge in [0.2, 0.25) is 0 Å². The lowest BCUT2D eigenvalue weighted by Crippen LogP contribution is -2.10. The first kappa shape index (κ1) is 29.1. The van der Waals surface area contributed by atoms with Crippen LogP contribution < -0.4 is 4.90 Å². The van der Waals surface area contributed by atoms with Crippen LogP contribution in [0.3, 0.4) is 0 Å². The van der Waals surface area contributed by atoms with Crippen molar-refractivity contribution in [3.63, 3.8) is 0 Å². The topological polar surface area (TPSA) is 29.5 Å². The van der Waals surface area contributed by atoms with E-state index < -0.39 is 0 Å². The van der Waals surface area contributed by atoms with Crippen molar-refractivity contribution in [2.45, 2.75) is 0 Å². The molecule has 0 unspecified atom stereocenters. The van der Waals surface area contributed by atoms with Crippen molar-refractivity contribution in [1.29, 1.82) is 0 Å². The number of thiophene rings is 1. The van der Waals surface area contributed by atoms with E-state index in [1.165, 1.54) is 20.2 Å². The maximum absolute atomic E-state index is 6.99. The van der Waals surface area contributed by atoms with Crippen LogP contribution in [0.4, 0.5) is 17.1 Å². The highest BCUT2D eigenvalue weighted by atomic mass is 32.1. The number of benzene rings is 8. The SMILES string of the molecule is c1ccc(-c2cccc3c2oc2c(N(c4ccc(-c5ccc6oc7ccccc7c6c5)cc4)c4cccc5sc6ccccc6c45)cccc23)cc1. The predicted octanol–water partition coefficient (Wildman–Crippen LogP) is 14.7. The van der Waals surface area contributed by atoms with Gasteiger partial charge in [-0.15, -0.1) is 11.3 Å². The summed E-state index contributed by atoms with van der Waals surface area (Å²) in [5.74, 6) is 0. The van der Waals surface area contributed by atoms with Gasteiger partial charge in [-0.3, -0.25) is 0 Å². The summed E-state index contributed by atoms with van der Waals surface area (Å²) in [5.41, 5.74) is 11.2. The first-order valence-electron chi connectivity index (χ1n) is 17.5. The van der Waals surface area contributed by atoms with Crippen molar-refractivity contribution in [3.8, 4) is 22.3 Å². The van der Waals surface area contributed by atoms with E-state index in [2.05, 4.69) is 169 Å². The molecule has 0 bridgehead atoms. The fourth-order valence-electron chi connectivity index (χ4n) is 7.89. The molecule has 0 aliphatic carbocycles. The minimum atomic E-state index is 0.860. The highest BCUT2D eigenvalue weighted by Gasteiger charge is 2.23. The van der Waals surface area contributed by atoms with Gasteiger partial charge in [0.05, 0.1) is 11.4 Å². The molecule has 11 aromatic rings. The monoisotopic (exact) mass is 683 g/mol. The second-order valence-electron chi connectivity index (χ2n) is 13.2. The molecule has 4 heteroatoms. The number of furan rings is 2. The molecule has 0 fully saturated rings. The van der Waals surface area contributed by atoms with Gasteiger partial charge < -0.3 is 13.7 Å². The largest absolute Gasteiger partial charge is 0.456 e. The van der Waals surface area contributed by atoms with Crippen molar-refractivity contribution in [2.75, 3.05) is 4.90 Å². The van der Waals surface area contributed by atoms with E-state index in [0.29, 0.717) is 0 Å².